The van der Waals surface area contributed by atoms with Gasteiger partial charge >= 0.3 is 0 Å². The monoisotopic (exact) mass is 229 g/mol. The molecule has 3 atom stereocenters. The molecule has 2 rings (SSSR count). The van der Waals surface area contributed by atoms with Crippen LogP contribution in [0.2, 0.25) is 0 Å². The van der Waals surface area contributed by atoms with Crippen LogP contribution in [0.15, 0.2) is 12.7 Å². The average molecular weight is 229 g/mol. The lowest BCUT2D eigenvalue weighted by atomic mass is 10.3. The second-order valence-electron chi connectivity index (χ2n) is 4.41. The summed E-state index contributed by atoms with van der Waals surface area (Å²) >= 11 is 0. The van der Waals surface area contributed by atoms with Crippen LogP contribution in [0, 0.1) is 17.8 Å². The van der Waals surface area contributed by atoms with E-state index in [1.807, 2.05) is 6.92 Å². The molecule has 0 aromatic rings. The van der Waals surface area contributed by atoms with E-state index < -0.39 is 10.0 Å². The molecule has 0 heterocycles. The molecule has 2 aliphatic rings. The fourth-order valence-electron chi connectivity index (χ4n) is 1.94. The van der Waals surface area contributed by atoms with Gasteiger partial charge in [0.2, 0.25) is 15.9 Å². The van der Waals surface area contributed by atoms with Crippen LogP contribution < -0.4 is 4.72 Å². The Labute approximate surface area is 89.8 Å². The first-order chi connectivity index (χ1) is 6.97. The molecule has 0 spiro atoms. The van der Waals surface area contributed by atoms with Crippen LogP contribution in [-0.4, -0.2) is 19.6 Å². The van der Waals surface area contributed by atoms with E-state index in [0.717, 1.165) is 0 Å². The quantitative estimate of drug-likeness (QED) is 0.720. The third-order valence-electron chi connectivity index (χ3n) is 3.23. The van der Waals surface area contributed by atoms with Gasteiger partial charge in [-0.15, -0.1) is 6.58 Å². The lowest BCUT2D eigenvalue weighted by Gasteiger charge is -2.04. The predicted molar refractivity (Wildman–Crippen MR) is 56.4 cm³/mol. The van der Waals surface area contributed by atoms with E-state index in [2.05, 4.69) is 11.3 Å². The minimum absolute atomic E-state index is 0.138. The number of allylic oxidation sites excluding steroid dienone is 1. The van der Waals surface area contributed by atoms with E-state index in [4.69, 9.17) is 0 Å². The summed E-state index contributed by atoms with van der Waals surface area (Å²) < 4.78 is 25.1. The second kappa shape index (κ2) is 3.33. The molecule has 1 amide bonds. The van der Waals surface area contributed by atoms with Crippen LogP contribution in [0.1, 0.15) is 19.8 Å². The van der Waals surface area contributed by atoms with Crippen molar-refractivity contribution in [3.8, 4) is 0 Å². The van der Waals surface area contributed by atoms with E-state index >= 15 is 0 Å². The molecule has 1 N–H and O–H groups in total. The molecule has 15 heavy (non-hydrogen) atoms. The SMILES string of the molecule is C=CC1C(C(=O)NS(=O)(=O)C2CC2)[C@H]1C. The first-order valence-electron chi connectivity index (χ1n) is 5.15. The minimum atomic E-state index is -3.38. The number of rotatable bonds is 4. The van der Waals surface area contributed by atoms with Gasteiger partial charge in [0, 0.05) is 5.92 Å². The molecule has 4 nitrogen and oxygen atoms in total. The molecular weight excluding hydrogens is 214 g/mol. The van der Waals surface area contributed by atoms with E-state index in [1.165, 1.54) is 0 Å². The summed E-state index contributed by atoms with van der Waals surface area (Å²) in [4.78, 5) is 11.6. The largest absolute Gasteiger partial charge is 0.274 e. The molecule has 84 valence electrons. The molecule has 2 fully saturated rings. The molecule has 5 heteroatoms. The fraction of sp³-hybridized carbons (Fsp3) is 0.700. The second-order valence-corrected chi connectivity index (χ2v) is 6.37. The number of hydrogen-bond donors (Lipinski definition) is 1. The highest BCUT2D eigenvalue weighted by atomic mass is 32.2. The first-order valence-corrected chi connectivity index (χ1v) is 6.70. The summed E-state index contributed by atoms with van der Waals surface area (Å²) in [5.74, 6) is -0.202. The number of nitrogens with one attached hydrogen (secondary N) is 1. The van der Waals surface area contributed by atoms with Crippen molar-refractivity contribution >= 4 is 15.9 Å². The van der Waals surface area contributed by atoms with Crippen molar-refractivity contribution in [1.82, 2.24) is 4.72 Å². The molecule has 0 bridgehead atoms. The predicted octanol–water partition coefficient (Wildman–Crippen LogP) is 0.663. The molecule has 0 aromatic heterocycles. The normalized spacial score (nSPS) is 34.6. The van der Waals surface area contributed by atoms with Crippen LogP contribution in [0.25, 0.3) is 0 Å². The van der Waals surface area contributed by atoms with E-state index in [1.54, 1.807) is 6.08 Å². The summed E-state index contributed by atoms with van der Waals surface area (Å²) in [7, 11) is -3.38. The summed E-state index contributed by atoms with van der Waals surface area (Å²) in [6, 6.07) is 0. The van der Waals surface area contributed by atoms with Crippen molar-refractivity contribution < 1.29 is 13.2 Å². The highest BCUT2D eigenvalue weighted by molar-refractivity contribution is 7.90. The van der Waals surface area contributed by atoms with Crippen molar-refractivity contribution in [1.29, 1.82) is 0 Å². The van der Waals surface area contributed by atoms with E-state index in [0.29, 0.717) is 12.8 Å². The van der Waals surface area contributed by atoms with Gasteiger partial charge in [-0.3, -0.25) is 9.52 Å². The Kier molecular flexibility index (Phi) is 2.37. The van der Waals surface area contributed by atoms with Gasteiger partial charge in [0.1, 0.15) is 0 Å². The lowest BCUT2D eigenvalue weighted by Crippen LogP contribution is -2.34. The van der Waals surface area contributed by atoms with Crippen LogP contribution in [0.4, 0.5) is 0 Å². The van der Waals surface area contributed by atoms with Gasteiger partial charge in [-0.25, -0.2) is 8.42 Å². The maximum atomic E-state index is 11.6. The van der Waals surface area contributed by atoms with Crippen LogP contribution in [0.5, 0.6) is 0 Å². The maximum Gasteiger partial charge on any atom is 0.237 e. The molecule has 2 saturated carbocycles. The van der Waals surface area contributed by atoms with E-state index in [9.17, 15) is 13.2 Å². The van der Waals surface area contributed by atoms with Gasteiger partial charge in [0.15, 0.2) is 0 Å². The maximum absolute atomic E-state index is 11.6. The minimum Gasteiger partial charge on any atom is -0.274 e. The topological polar surface area (TPSA) is 63.2 Å². The Morgan fingerprint density at radius 1 is 1.47 bits per heavy atom. The highest BCUT2D eigenvalue weighted by Crippen LogP contribution is 2.47. The zero-order valence-electron chi connectivity index (χ0n) is 8.64. The van der Waals surface area contributed by atoms with Crippen LogP contribution in [-0.2, 0) is 14.8 Å². The smallest absolute Gasteiger partial charge is 0.237 e. The molecule has 0 saturated heterocycles. The summed E-state index contributed by atoms with van der Waals surface area (Å²) in [5, 5.41) is -0.335. The van der Waals surface area contributed by atoms with Crippen molar-refractivity contribution in [3.05, 3.63) is 12.7 Å². The molecule has 0 aliphatic heterocycles. The molecular formula is C10H15NO3S. The number of hydrogen-bond acceptors (Lipinski definition) is 3. The Hall–Kier alpha value is -0.840. The van der Waals surface area contributed by atoms with Gasteiger partial charge in [-0.1, -0.05) is 13.0 Å². The number of amides is 1. The molecule has 0 aromatic carbocycles. The van der Waals surface area contributed by atoms with Gasteiger partial charge in [0.25, 0.3) is 0 Å². The van der Waals surface area contributed by atoms with Gasteiger partial charge in [0.05, 0.1) is 5.25 Å². The average Bonchev–Trinajstić information content (AvgIpc) is 2.96. The highest BCUT2D eigenvalue weighted by Gasteiger charge is 2.51. The van der Waals surface area contributed by atoms with Crippen molar-refractivity contribution in [2.45, 2.75) is 25.0 Å². The first kappa shape index (κ1) is 10.7. The Bertz CT molecular complexity index is 397. The molecule has 0 radical (unpaired) electrons. The number of carbonyl (C=O) groups is 1. The molecule has 2 aliphatic carbocycles. The van der Waals surface area contributed by atoms with Gasteiger partial charge < -0.3 is 0 Å². The standard InChI is InChI=1S/C10H15NO3S/c1-3-8-6(2)9(8)10(12)11-15(13,14)7-4-5-7/h3,6-9H,1,4-5H2,2H3,(H,11,12)/t6-,8?,9?/m0/s1. The zero-order chi connectivity index (χ0) is 11.2. The molecule has 2 unspecified atom stereocenters. The van der Waals surface area contributed by atoms with Crippen molar-refractivity contribution in [2.75, 3.05) is 0 Å². The Balaban J connectivity index is 1.96. The zero-order valence-corrected chi connectivity index (χ0v) is 9.46. The number of sulfonamides is 1. The van der Waals surface area contributed by atoms with Crippen LogP contribution >= 0.6 is 0 Å². The van der Waals surface area contributed by atoms with E-state index in [-0.39, 0.29) is 28.9 Å². The van der Waals surface area contributed by atoms with Crippen molar-refractivity contribution in [2.24, 2.45) is 17.8 Å². The summed E-state index contributed by atoms with van der Waals surface area (Å²) in [6.07, 6.45) is 3.07. The number of carbonyl (C=O) groups excluding carboxylic acids is 1. The summed E-state index contributed by atoms with van der Waals surface area (Å²) in [6.45, 7) is 5.55. The summed E-state index contributed by atoms with van der Waals surface area (Å²) in [5.41, 5.74) is 0. The Morgan fingerprint density at radius 3 is 2.47 bits per heavy atom. The fourth-order valence-corrected chi connectivity index (χ4v) is 3.28. The van der Waals surface area contributed by atoms with Crippen LogP contribution in [0.3, 0.4) is 0 Å². The third-order valence-corrected chi connectivity index (χ3v) is 5.06. The lowest BCUT2D eigenvalue weighted by molar-refractivity contribution is -0.120. The van der Waals surface area contributed by atoms with Gasteiger partial charge in [-0.05, 0) is 24.7 Å². The van der Waals surface area contributed by atoms with Crippen molar-refractivity contribution in [3.63, 3.8) is 0 Å². The Morgan fingerprint density at radius 2 is 2.07 bits per heavy atom. The van der Waals surface area contributed by atoms with Gasteiger partial charge in [-0.2, -0.15) is 0 Å². The third kappa shape index (κ3) is 1.93.